The zero-order chi connectivity index (χ0) is 13.6. The van der Waals surface area contributed by atoms with Gasteiger partial charge in [0.05, 0.1) is 11.8 Å². The fourth-order valence-electron chi connectivity index (χ4n) is 2.45. The molecule has 1 aliphatic rings. The summed E-state index contributed by atoms with van der Waals surface area (Å²) in [6, 6.07) is 3.59. The molecule has 0 bridgehead atoms. The quantitative estimate of drug-likeness (QED) is 0.855. The van der Waals surface area contributed by atoms with Gasteiger partial charge in [0.15, 0.2) is 17.3 Å². The predicted octanol–water partition coefficient (Wildman–Crippen LogP) is 1.46. The van der Waals surface area contributed by atoms with Crippen molar-refractivity contribution >= 4 is 5.97 Å². The third-order valence-corrected chi connectivity index (χ3v) is 3.35. The Labute approximate surface area is 109 Å². The van der Waals surface area contributed by atoms with Crippen LogP contribution in [-0.2, 0) is 13.0 Å². The number of aromatic carboxylic acids is 1. The van der Waals surface area contributed by atoms with E-state index in [2.05, 4.69) is 4.98 Å². The molecular formula is C13H14N2O4. The largest absolute Gasteiger partial charge is 0.476 e. The molecular weight excluding hydrogens is 248 g/mol. The van der Waals surface area contributed by atoms with Crippen molar-refractivity contribution in [3.05, 3.63) is 29.3 Å². The molecule has 3 rings (SSSR count). The number of aromatic nitrogens is 2. The third kappa shape index (κ3) is 1.94. The molecule has 1 atom stereocenters. The molecule has 19 heavy (non-hydrogen) atoms. The highest BCUT2D eigenvalue weighted by atomic mass is 16.4. The van der Waals surface area contributed by atoms with E-state index in [0.29, 0.717) is 36.7 Å². The third-order valence-electron chi connectivity index (χ3n) is 3.35. The molecule has 0 radical (unpaired) electrons. The first-order valence-corrected chi connectivity index (χ1v) is 6.14. The molecule has 100 valence electrons. The summed E-state index contributed by atoms with van der Waals surface area (Å²) in [5, 5.41) is 18.9. The molecule has 0 amide bonds. The van der Waals surface area contributed by atoms with Crippen molar-refractivity contribution in [2.45, 2.75) is 32.4 Å². The van der Waals surface area contributed by atoms with Crippen LogP contribution in [-0.4, -0.2) is 31.8 Å². The summed E-state index contributed by atoms with van der Waals surface area (Å²) < 4.78 is 7.34. The maximum Gasteiger partial charge on any atom is 0.356 e. The van der Waals surface area contributed by atoms with Crippen LogP contribution in [0.5, 0.6) is 0 Å². The molecule has 2 N–H and O–H groups in total. The molecule has 0 aliphatic carbocycles. The summed E-state index contributed by atoms with van der Waals surface area (Å²) in [5.41, 5.74) is 0.568. The van der Waals surface area contributed by atoms with Crippen LogP contribution in [0.1, 0.15) is 28.4 Å². The lowest BCUT2D eigenvalue weighted by atomic mass is 10.1. The Bertz CT molecular complexity index is 641. The Balaban J connectivity index is 2.16. The van der Waals surface area contributed by atoms with Crippen molar-refractivity contribution < 1.29 is 19.4 Å². The number of carbonyl (C=O) groups is 1. The Morgan fingerprint density at radius 3 is 2.95 bits per heavy atom. The van der Waals surface area contributed by atoms with E-state index in [1.807, 2.05) is 17.6 Å². The molecule has 0 saturated carbocycles. The van der Waals surface area contributed by atoms with E-state index in [-0.39, 0.29) is 5.69 Å². The maximum atomic E-state index is 11.2. The SMILES string of the molecule is Cc1ccc(-c2nc(C(=O)O)c3n2CCC(O)C3)o1. The number of furan rings is 1. The van der Waals surface area contributed by atoms with E-state index in [1.54, 1.807) is 6.07 Å². The number of aliphatic hydroxyl groups excluding tert-OH is 1. The van der Waals surface area contributed by atoms with Gasteiger partial charge < -0.3 is 19.2 Å². The van der Waals surface area contributed by atoms with Gasteiger partial charge in [0, 0.05) is 13.0 Å². The number of aliphatic hydroxyl groups is 1. The molecule has 0 aromatic carbocycles. The highest BCUT2D eigenvalue weighted by Gasteiger charge is 2.28. The summed E-state index contributed by atoms with van der Waals surface area (Å²) in [4.78, 5) is 15.4. The molecule has 3 heterocycles. The van der Waals surface area contributed by atoms with Crippen LogP contribution in [0.2, 0.25) is 0 Å². The van der Waals surface area contributed by atoms with Crippen LogP contribution >= 0.6 is 0 Å². The van der Waals surface area contributed by atoms with E-state index in [9.17, 15) is 15.0 Å². The van der Waals surface area contributed by atoms with E-state index >= 15 is 0 Å². The lowest BCUT2D eigenvalue weighted by Crippen LogP contribution is -2.24. The number of imidazole rings is 1. The maximum absolute atomic E-state index is 11.2. The van der Waals surface area contributed by atoms with Crippen molar-refractivity contribution in [2.75, 3.05) is 0 Å². The summed E-state index contributed by atoms with van der Waals surface area (Å²) in [5.74, 6) is 0.752. The molecule has 1 aliphatic heterocycles. The molecule has 0 fully saturated rings. The number of rotatable bonds is 2. The van der Waals surface area contributed by atoms with Crippen LogP contribution in [0, 0.1) is 6.92 Å². The molecule has 1 unspecified atom stereocenters. The van der Waals surface area contributed by atoms with E-state index in [4.69, 9.17) is 4.42 Å². The Morgan fingerprint density at radius 2 is 2.32 bits per heavy atom. The summed E-state index contributed by atoms with van der Waals surface area (Å²) in [6.45, 7) is 2.37. The summed E-state index contributed by atoms with van der Waals surface area (Å²) in [7, 11) is 0. The first-order valence-electron chi connectivity index (χ1n) is 6.14. The minimum Gasteiger partial charge on any atom is -0.476 e. The van der Waals surface area contributed by atoms with Gasteiger partial charge in [-0.15, -0.1) is 0 Å². The number of hydrogen-bond acceptors (Lipinski definition) is 4. The van der Waals surface area contributed by atoms with E-state index in [0.717, 1.165) is 5.76 Å². The number of hydrogen-bond donors (Lipinski definition) is 2. The highest BCUT2D eigenvalue weighted by Crippen LogP contribution is 2.28. The van der Waals surface area contributed by atoms with Crippen molar-refractivity contribution in [1.29, 1.82) is 0 Å². The van der Waals surface area contributed by atoms with Crippen LogP contribution in [0.25, 0.3) is 11.6 Å². The van der Waals surface area contributed by atoms with Gasteiger partial charge >= 0.3 is 5.97 Å². The van der Waals surface area contributed by atoms with E-state index < -0.39 is 12.1 Å². The zero-order valence-electron chi connectivity index (χ0n) is 10.5. The normalized spacial score (nSPS) is 18.3. The van der Waals surface area contributed by atoms with Crippen LogP contribution in [0.4, 0.5) is 0 Å². The van der Waals surface area contributed by atoms with Gasteiger partial charge in [0.2, 0.25) is 0 Å². The monoisotopic (exact) mass is 262 g/mol. The second-order valence-corrected chi connectivity index (χ2v) is 4.74. The summed E-state index contributed by atoms with van der Waals surface area (Å²) >= 11 is 0. The number of carboxylic acid groups (broad SMARTS) is 1. The number of fused-ring (bicyclic) bond motifs is 1. The smallest absolute Gasteiger partial charge is 0.356 e. The van der Waals surface area contributed by atoms with Crippen molar-refractivity contribution in [1.82, 2.24) is 9.55 Å². The molecule has 0 saturated heterocycles. The average molecular weight is 262 g/mol. The topological polar surface area (TPSA) is 88.5 Å². The Kier molecular flexibility index (Phi) is 2.67. The van der Waals surface area contributed by atoms with Gasteiger partial charge in [-0.2, -0.15) is 0 Å². The molecule has 6 heteroatoms. The summed E-state index contributed by atoms with van der Waals surface area (Å²) in [6.07, 6.45) is 0.400. The second kappa shape index (κ2) is 4.24. The fourth-order valence-corrected chi connectivity index (χ4v) is 2.45. The van der Waals surface area contributed by atoms with Gasteiger partial charge in [0.1, 0.15) is 5.76 Å². The molecule has 6 nitrogen and oxygen atoms in total. The van der Waals surface area contributed by atoms with Crippen molar-refractivity contribution in [3.63, 3.8) is 0 Å². The first-order chi connectivity index (χ1) is 9.06. The number of carboxylic acids is 1. The molecule has 0 spiro atoms. The predicted molar refractivity (Wildman–Crippen MR) is 66.0 cm³/mol. The minimum atomic E-state index is -1.08. The fraction of sp³-hybridized carbons (Fsp3) is 0.385. The lowest BCUT2D eigenvalue weighted by Gasteiger charge is -2.20. The van der Waals surface area contributed by atoms with Crippen LogP contribution in [0.15, 0.2) is 16.5 Å². The van der Waals surface area contributed by atoms with Gasteiger partial charge in [-0.05, 0) is 25.5 Å². The lowest BCUT2D eigenvalue weighted by molar-refractivity contribution is 0.0687. The Morgan fingerprint density at radius 1 is 1.53 bits per heavy atom. The Hall–Kier alpha value is -2.08. The van der Waals surface area contributed by atoms with Gasteiger partial charge in [0.25, 0.3) is 0 Å². The second-order valence-electron chi connectivity index (χ2n) is 4.74. The van der Waals surface area contributed by atoms with Crippen molar-refractivity contribution in [3.8, 4) is 11.6 Å². The van der Waals surface area contributed by atoms with Gasteiger partial charge in [-0.3, -0.25) is 0 Å². The number of aryl methyl sites for hydroxylation is 1. The van der Waals surface area contributed by atoms with Crippen molar-refractivity contribution in [2.24, 2.45) is 0 Å². The van der Waals surface area contributed by atoms with Crippen LogP contribution < -0.4 is 0 Å². The van der Waals surface area contributed by atoms with E-state index in [1.165, 1.54) is 0 Å². The molecule has 2 aromatic heterocycles. The number of nitrogens with zero attached hydrogens (tertiary/aromatic N) is 2. The minimum absolute atomic E-state index is 0.00260. The standard InChI is InChI=1S/C13H14N2O4/c1-7-2-3-10(19-7)12-14-11(13(17)18)9-6-8(16)4-5-15(9)12/h2-3,8,16H,4-6H2,1H3,(H,17,18). The average Bonchev–Trinajstić information content (AvgIpc) is 2.92. The van der Waals surface area contributed by atoms with Gasteiger partial charge in [-0.25, -0.2) is 9.78 Å². The van der Waals surface area contributed by atoms with Crippen LogP contribution in [0.3, 0.4) is 0 Å². The first kappa shape index (κ1) is 12.0. The molecule has 2 aromatic rings. The zero-order valence-corrected chi connectivity index (χ0v) is 10.5. The van der Waals surface area contributed by atoms with Gasteiger partial charge in [-0.1, -0.05) is 0 Å². The highest BCUT2D eigenvalue weighted by molar-refractivity contribution is 5.87.